The summed E-state index contributed by atoms with van der Waals surface area (Å²) in [4.78, 5) is 11.3. The second kappa shape index (κ2) is 4.41. The molecule has 1 aliphatic rings. The highest BCUT2D eigenvalue weighted by Crippen LogP contribution is 2.19. The summed E-state index contributed by atoms with van der Waals surface area (Å²) < 4.78 is 7.03. The maximum absolute atomic E-state index is 11.3. The van der Waals surface area contributed by atoms with Gasteiger partial charge in [-0.05, 0) is 25.7 Å². The zero-order valence-corrected chi connectivity index (χ0v) is 9.51. The van der Waals surface area contributed by atoms with Crippen LogP contribution in [0.25, 0.3) is 0 Å². The Hall–Kier alpha value is -0.740. The second-order valence-electron chi connectivity index (χ2n) is 4.02. The van der Waals surface area contributed by atoms with Crippen LogP contribution in [0.2, 0.25) is 5.15 Å². The molecule has 0 bridgehead atoms. The van der Waals surface area contributed by atoms with Crippen molar-refractivity contribution in [3.05, 3.63) is 21.1 Å². The molecule has 2 heterocycles. The van der Waals surface area contributed by atoms with Crippen molar-refractivity contribution in [2.45, 2.75) is 26.3 Å². The van der Waals surface area contributed by atoms with E-state index in [0.717, 1.165) is 32.6 Å². The molecule has 1 aromatic rings. The molecule has 1 saturated heterocycles. The van der Waals surface area contributed by atoms with Crippen molar-refractivity contribution >= 4 is 11.6 Å². The van der Waals surface area contributed by atoms with Crippen molar-refractivity contribution in [2.75, 3.05) is 13.2 Å². The molecule has 1 aromatic heterocycles. The van der Waals surface area contributed by atoms with Crippen LogP contribution in [0.4, 0.5) is 0 Å². The number of rotatable bonds is 2. The van der Waals surface area contributed by atoms with E-state index in [0.29, 0.717) is 16.6 Å². The van der Waals surface area contributed by atoms with Gasteiger partial charge in [-0.1, -0.05) is 11.6 Å². The van der Waals surface area contributed by atoms with E-state index in [9.17, 15) is 4.79 Å². The molecule has 0 unspecified atom stereocenters. The number of hydrogen-bond donors (Lipinski definition) is 1. The van der Waals surface area contributed by atoms with E-state index in [-0.39, 0.29) is 5.56 Å². The van der Waals surface area contributed by atoms with Gasteiger partial charge in [0, 0.05) is 19.8 Å². The summed E-state index contributed by atoms with van der Waals surface area (Å²) in [6.45, 7) is 4.15. The molecule has 0 atom stereocenters. The van der Waals surface area contributed by atoms with Crippen molar-refractivity contribution in [2.24, 2.45) is 5.92 Å². The number of hydrogen-bond acceptors (Lipinski definition) is 2. The Morgan fingerprint density at radius 2 is 2.20 bits per heavy atom. The number of halogens is 1. The first-order valence-electron chi connectivity index (χ1n) is 5.21. The van der Waals surface area contributed by atoms with E-state index in [1.807, 2.05) is 0 Å². The minimum atomic E-state index is -0.0907. The summed E-state index contributed by atoms with van der Waals surface area (Å²) in [6, 6.07) is 0. The van der Waals surface area contributed by atoms with Crippen LogP contribution in [0.1, 0.15) is 18.4 Å². The Morgan fingerprint density at radius 1 is 1.53 bits per heavy atom. The predicted octanol–water partition coefficient (Wildman–Crippen LogP) is 1.56. The fourth-order valence-corrected chi connectivity index (χ4v) is 2.06. The minimum Gasteiger partial charge on any atom is -0.381 e. The minimum absolute atomic E-state index is 0.0907. The molecule has 5 heteroatoms. The summed E-state index contributed by atoms with van der Waals surface area (Å²) in [5.74, 6) is 0.554. The molecule has 0 aromatic carbocycles. The van der Waals surface area contributed by atoms with E-state index < -0.39 is 0 Å². The van der Waals surface area contributed by atoms with Gasteiger partial charge >= 0.3 is 0 Å². The van der Waals surface area contributed by atoms with Crippen LogP contribution < -0.4 is 5.56 Å². The quantitative estimate of drug-likeness (QED) is 0.838. The molecule has 15 heavy (non-hydrogen) atoms. The SMILES string of the molecule is Cc1c(Cl)n(CC2CCOCC2)[nH]c1=O. The molecular formula is C10H15ClN2O2. The summed E-state index contributed by atoms with van der Waals surface area (Å²) in [5, 5.41) is 3.28. The highest BCUT2D eigenvalue weighted by Gasteiger charge is 2.17. The molecule has 84 valence electrons. The van der Waals surface area contributed by atoms with Crippen molar-refractivity contribution in [1.29, 1.82) is 0 Å². The Balaban J connectivity index is 2.09. The maximum Gasteiger partial charge on any atom is 0.268 e. The first-order chi connectivity index (χ1) is 7.18. The van der Waals surface area contributed by atoms with Crippen LogP contribution in [0.15, 0.2) is 4.79 Å². The molecule has 0 saturated carbocycles. The lowest BCUT2D eigenvalue weighted by atomic mass is 10.0. The zero-order chi connectivity index (χ0) is 10.8. The molecule has 4 nitrogen and oxygen atoms in total. The molecule has 1 fully saturated rings. The Morgan fingerprint density at radius 3 is 2.73 bits per heavy atom. The third-order valence-corrected chi connectivity index (χ3v) is 3.39. The van der Waals surface area contributed by atoms with Gasteiger partial charge in [-0.2, -0.15) is 0 Å². The standard InChI is InChI=1S/C10H15ClN2O2/c1-7-9(11)13(12-10(7)14)6-8-2-4-15-5-3-8/h8H,2-6H2,1H3,(H,12,14). The van der Waals surface area contributed by atoms with Crippen LogP contribution in [0, 0.1) is 12.8 Å². The Labute approximate surface area is 93.2 Å². The summed E-state index contributed by atoms with van der Waals surface area (Å²) in [7, 11) is 0. The van der Waals surface area contributed by atoms with Crippen LogP contribution in [0.3, 0.4) is 0 Å². The van der Waals surface area contributed by atoms with Gasteiger partial charge in [0.25, 0.3) is 5.56 Å². The van der Waals surface area contributed by atoms with Crippen molar-refractivity contribution in [3.8, 4) is 0 Å². The number of H-pyrrole nitrogens is 1. The normalized spacial score (nSPS) is 18.3. The average molecular weight is 231 g/mol. The van der Waals surface area contributed by atoms with Gasteiger partial charge in [-0.25, -0.2) is 0 Å². The Kier molecular flexibility index (Phi) is 3.17. The number of ether oxygens (including phenoxy) is 1. The highest BCUT2D eigenvalue weighted by molar-refractivity contribution is 6.30. The van der Waals surface area contributed by atoms with Gasteiger partial charge in [0.05, 0.1) is 5.56 Å². The first-order valence-corrected chi connectivity index (χ1v) is 5.59. The molecule has 0 radical (unpaired) electrons. The number of aromatic nitrogens is 2. The fraction of sp³-hybridized carbons (Fsp3) is 0.700. The molecule has 0 spiro atoms. The Bertz CT molecular complexity index is 391. The van der Waals surface area contributed by atoms with Gasteiger partial charge in [-0.3, -0.25) is 14.6 Å². The molecule has 1 N–H and O–H groups in total. The largest absolute Gasteiger partial charge is 0.381 e. The van der Waals surface area contributed by atoms with Crippen LogP contribution in [-0.4, -0.2) is 23.0 Å². The van der Waals surface area contributed by atoms with Crippen molar-refractivity contribution in [1.82, 2.24) is 9.78 Å². The molecular weight excluding hydrogens is 216 g/mol. The predicted molar refractivity (Wildman–Crippen MR) is 58.3 cm³/mol. The topological polar surface area (TPSA) is 47.0 Å². The van der Waals surface area contributed by atoms with E-state index in [1.54, 1.807) is 11.6 Å². The van der Waals surface area contributed by atoms with Crippen molar-refractivity contribution in [3.63, 3.8) is 0 Å². The third kappa shape index (κ3) is 2.26. The van der Waals surface area contributed by atoms with Gasteiger partial charge in [0.2, 0.25) is 0 Å². The van der Waals surface area contributed by atoms with Crippen LogP contribution in [0.5, 0.6) is 0 Å². The molecule has 1 aliphatic heterocycles. The average Bonchev–Trinajstić information content (AvgIpc) is 2.48. The van der Waals surface area contributed by atoms with E-state index in [1.165, 1.54) is 0 Å². The first kappa shape index (κ1) is 10.8. The summed E-state index contributed by atoms with van der Waals surface area (Å²) in [6.07, 6.45) is 2.07. The summed E-state index contributed by atoms with van der Waals surface area (Å²) in [5.41, 5.74) is 0.510. The van der Waals surface area contributed by atoms with Crippen LogP contribution in [-0.2, 0) is 11.3 Å². The van der Waals surface area contributed by atoms with E-state index in [2.05, 4.69) is 5.10 Å². The van der Waals surface area contributed by atoms with Crippen molar-refractivity contribution < 1.29 is 4.74 Å². The maximum atomic E-state index is 11.3. The monoisotopic (exact) mass is 230 g/mol. The number of aromatic amines is 1. The van der Waals surface area contributed by atoms with Crippen LogP contribution >= 0.6 is 11.6 Å². The lowest BCUT2D eigenvalue weighted by Crippen LogP contribution is -2.21. The zero-order valence-electron chi connectivity index (χ0n) is 8.75. The smallest absolute Gasteiger partial charge is 0.268 e. The van der Waals surface area contributed by atoms with E-state index in [4.69, 9.17) is 16.3 Å². The molecule has 2 rings (SSSR count). The van der Waals surface area contributed by atoms with Gasteiger partial charge < -0.3 is 4.74 Å². The third-order valence-electron chi connectivity index (χ3n) is 2.91. The second-order valence-corrected chi connectivity index (χ2v) is 4.38. The van der Waals surface area contributed by atoms with Gasteiger partial charge in [0.1, 0.15) is 5.15 Å². The van der Waals surface area contributed by atoms with Gasteiger partial charge in [0.15, 0.2) is 0 Å². The highest BCUT2D eigenvalue weighted by atomic mass is 35.5. The lowest BCUT2D eigenvalue weighted by molar-refractivity contribution is 0.0601. The van der Waals surface area contributed by atoms with Gasteiger partial charge in [-0.15, -0.1) is 0 Å². The number of nitrogens with one attached hydrogen (secondary N) is 1. The number of nitrogens with zero attached hydrogens (tertiary/aromatic N) is 1. The molecule has 0 amide bonds. The molecule has 0 aliphatic carbocycles. The lowest BCUT2D eigenvalue weighted by Gasteiger charge is -2.22. The summed E-state index contributed by atoms with van der Waals surface area (Å²) >= 11 is 6.03. The van der Waals surface area contributed by atoms with E-state index >= 15 is 0 Å². The fourth-order valence-electron chi connectivity index (χ4n) is 1.86.